The van der Waals surface area contributed by atoms with Crippen LogP contribution >= 0.6 is 0 Å². The minimum atomic E-state index is 0.231. The maximum atomic E-state index is 6.22. The van der Waals surface area contributed by atoms with Crippen LogP contribution in [0.5, 0.6) is 0 Å². The van der Waals surface area contributed by atoms with Gasteiger partial charge in [0, 0.05) is 12.6 Å². The van der Waals surface area contributed by atoms with Crippen molar-refractivity contribution in [3.63, 3.8) is 0 Å². The van der Waals surface area contributed by atoms with Gasteiger partial charge < -0.3 is 10.1 Å². The Bertz CT molecular complexity index is 229. The third-order valence-corrected chi connectivity index (χ3v) is 4.82. The number of rotatable bonds is 3. The van der Waals surface area contributed by atoms with Gasteiger partial charge in [-0.2, -0.15) is 0 Å². The molecule has 0 aromatic heterocycles. The summed E-state index contributed by atoms with van der Waals surface area (Å²) >= 11 is 0. The summed E-state index contributed by atoms with van der Waals surface area (Å²) in [5.41, 5.74) is 0.231. The SMILES string of the molecule is CCNC1CCOC2(CCCC(CC)CC2)C1. The molecular formula is C15H29NO. The van der Waals surface area contributed by atoms with Crippen LogP contribution < -0.4 is 5.32 Å². The molecular weight excluding hydrogens is 210 g/mol. The third kappa shape index (κ3) is 3.45. The highest BCUT2D eigenvalue weighted by molar-refractivity contribution is 4.92. The fourth-order valence-electron chi connectivity index (χ4n) is 3.70. The summed E-state index contributed by atoms with van der Waals surface area (Å²) in [5.74, 6) is 0.956. The predicted molar refractivity (Wildman–Crippen MR) is 72.2 cm³/mol. The van der Waals surface area contributed by atoms with Crippen molar-refractivity contribution in [2.45, 2.75) is 76.9 Å². The highest BCUT2D eigenvalue weighted by Crippen LogP contribution is 2.39. The quantitative estimate of drug-likeness (QED) is 0.814. The Balaban J connectivity index is 1.93. The Hall–Kier alpha value is -0.0800. The van der Waals surface area contributed by atoms with Crippen molar-refractivity contribution in [3.8, 4) is 0 Å². The number of hydrogen-bond acceptors (Lipinski definition) is 2. The summed E-state index contributed by atoms with van der Waals surface area (Å²) in [7, 11) is 0. The first-order valence-corrected chi connectivity index (χ1v) is 7.65. The molecule has 100 valence electrons. The minimum Gasteiger partial charge on any atom is -0.375 e. The molecule has 0 aromatic carbocycles. The average molecular weight is 239 g/mol. The van der Waals surface area contributed by atoms with Gasteiger partial charge in [-0.3, -0.25) is 0 Å². The van der Waals surface area contributed by atoms with E-state index in [9.17, 15) is 0 Å². The summed E-state index contributed by atoms with van der Waals surface area (Å²) in [6.45, 7) is 6.61. The smallest absolute Gasteiger partial charge is 0.0697 e. The van der Waals surface area contributed by atoms with Crippen LogP contribution in [0.1, 0.15) is 65.2 Å². The van der Waals surface area contributed by atoms with Crippen LogP contribution in [0.2, 0.25) is 0 Å². The predicted octanol–water partition coefficient (Wildman–Crippen LogP) is 3.50. The number of nitrogens with one attached hydrogen (secondary N) is 1. The van der Waals surface area contributed by atoms with E-state index in [-0.39, 0.29) is 5.60 Å². The minimum absolute atomic E-state index is 0.231. The van der Waals surface area contributed by atoms with E-state index in [4.69, 9.17) is 4.74 Å². The van der Waals surface area contributed by atoms with Crippen molar-refractivity contribution in [1.82, 2.24) is 5.32 Å². The molecule has 1 saturated carbocycles. The first-order valence-electron chi connectivity index (χ1n) is 7.65. The van der Waals surface area contributed by atoms with Crippen LogP contribution in [0.15, 0.2) is 0 Å². The molecule has 0 radical (unpaired) electrons. The van der Waals surface area contributed by atoms with Crippen LogP contribution in [-0.4, -0.2) is 24.8 Å². The van der Waals surface area contributed by atoms with E-state index in [0.29, 0.717) is 6.04 Å². The molecule has 0 bridgehead atoms. The maximum Gasteiger partial charge on any atom is 0.0697 e. The highest BCUT2D eigenvalue weighted by Gasteiger charge is 2.38. The molecule has 2 fully saturated rings. The van der Waals surface area contributed by atoms with Gasteiger partial charge in [0.05, 0.1) is 5.60 Å². The molecule has 0 aromatic rings. The second kappa shape index (κ2) is 6.19. The van der Waals surface area contributed by atoms with Crippen LogP contribution in [0.4, 0.5) is 0 Å². The van der Waals surface area contributed by atoms with E-state index in [0.717, 1.165) is 19.1 Å². The molecule has 2 heteroatoms. The fraction of sp³-hybridized carbons (Fsp3) is 1.00. The zero-order valence-electron chi connectivity index (χ0n) is 11.6. The molecule has 2 nitrogen and oxygen atoms in total. The Morgan fingerprint density at radius 1 is 1.18 bits per heavy atom. The third-order valence-electron chi connectivity index (χ3n) is 4.82. The maximum absolute atomic E-state index is 6.22. The molecule has 17 heavy (non-hydrogen) atoms. The van der Waals surface area contributed by atoms with E-state index < -0.39 is 0 Å². The first-order chi connectivity index (χ1) is 8.28. The van der Waals surface area contributed by atoms with E-state index in [1.54, 1.807) is 0 Å². The lowest BCUT2D eigenvalue weighted by molar-refractivity contribution is -0.0976. The molecule has 1 aliphatic heterocycles. The summed E-state index contributed by atoms with van der Waals surface area (Å²) < 4.78 is 6.22. The summed E-state index contributed by atoms with van der Waals surface area (Å²) in [6, 6.07) is 0.701. The van der Waals surface area contributed by atoms with Gasteiger partial charge in [0.15, 0.2) is 0 Å². The summed E-state index contributed by atoms with van der Waals surface area (Å²) in [5, 5.41) is 3.62. The van der Waals surface area contributed by atoms with Gasteiger partial charge in [-0.1, -0.05) is 33.1 Å². The zero-order valence-corrected chi connectivity index (χ0v) is 11.6. The van der Waals surface area contributed by atoms with Gasteiger partial charge in [-0.05, 0) is 44.6 Å². The first kappa shape index (κ1) is 13.4. The highest BCUT2D eigenvalue weighted by atomic mass is 16.5. The molecule has 1 spiro atoms. The van der Waals surface area contributed by atoms with Crippen LogP contribution in [0, 0.1) is 5.92 Å². The van der Waals surface area contributed by atoms with Crippen molar-refractivity contribution in [3.05, 3.63) is 0 Å². The largest absolute Gasteiger partial charge is 0.375 e. The van der Waals surface area contributed by atoms with Crippen molar-refractivity contribution in [2.24, 2.45) is 5.92 Å². The lowest BCUT2D eigenvalue weighted by atomic mass is 9.83. The van der Waals surface area contributed by atoms with E-state index in [2.05, 4.69) is 19.2 Å². The monoisotopic (exact) mass is 239 g/mol. The molecule has 1 N–H and O–H groups in total. The van der Waals surface area contributed by atoms with Gasteiger partial charge in [0.2, 0.25) is 0 Å². The summed E-state index contributed by atoms with van der Waals surface area (Å²) in [4.78, 5) is 0. The molecule has 1 heterocycles. The average Bonchev–Trinajstić information content (AvgIpc) is 2.53. The van der Waals surface area contributed by atoms with Crippen molar-refractivity contribution >= 4 is 0 Å². The van der Waals surface area contributed by atoms with Crippen LogP contribution in [0.25, 0.3) is 0 Å². The molecule has 1 aliphatic carbocycles. The molecule has 0 amide bonds. The van der Waals surface area contributed by atoms with Crippen LogP contribution in [0.3, 0.4) is 0 Å². The Labute approximate surface area is 107 Å². The Morgan fingerprint density at radius 3 is 2.82 bits per heavy atom. The second-order valence-electron chi connectivity index (χ2n) is 5.98. The van der Waals surface area contributed by atoms with Gasteiger partial charge in [-0.25, -0.2) is 0 Å². The van der Waals surface area contributed by atoms with Crippen LogP contribution in [-0.2, 0) is 4.74 Å². The summed E-state index contributed by atoms with van der Waals surface area (Å²) in [6.07, 6.45) is 10.6. The molecule has 2 aliphatic rings. The van der Waals surface area contributed by atoms with Crippen molar-refractivity contribution in [1.29, 1.82) is 0 Å². The normalized spacial score (nSPS) is 39.2. The van der Waals surface area contributed by atoms with Gasteiger partial charge in [0.25, 0.3) is 0 Å². The Kier molecular flexibility index (Phi) is 4.87. The van der Waals surface area contributed by atoms with E-state index in [1.165, 1.54) is 51.4 Å². The lowest BCUT2D eigenvalue weighted by Gasteiger charge is -2.41. The number of ether oxygens (including phenoxy) is 1. The Morgan fingerprint density at radius 2 is 2.06 bits per heavy atom. The van der Waals surface area contributed by atoms with Gasteiger partial charge in [-0.15, -0.1) is 0 Å². The molecule has 1 saturated heterocycles. The zero-order chi connectivity index (χ0) is 12.1. The van der Waals surface area contributed by atoms with E-state index in [1.807, 2.05) is 0 Å². The van der Waals surface area contributed by atoms with Crippen molar-refractivity contribution in [2.75, 3.05) is 13.2 Å². The standard InChI is InChI=1S/C15H29NO/c1-3-13-6-5-9-15(10-7-13)12-14(16-4-2)8-11-17-15/h13-14,16H,3-12H2,1-2H3. The number of hydrogen-bond donors (Lipinski definition) is 1. The molecule has 2 rings (SSSR count). The molecule has 3 unspecified atom stereocenters. The van der Waals surface area contributed by atoms with Crippen molar-refractivity contribution < 1.29 is 4.74 Å². The lowest BCUT2D eigenvalue weighted by Crippen LogP contribution is -2.46. The second-order valence-corrected chi connectivity index (χ2v) is 5.98. The van der Waals surface area contributed by atoms with Gasteiger partial charge >= 0.3 is 0 Å². The fourth-order valence-corrected chi connectivity index (χ4v) is 3.70. The van der Waals surface area contributed by atoms with E-state index >= 15 is 0 Å². The molecule has 3 atom stereocenters. The topological polar surface area (TPSA) is 21.3 Å². The van der Waals surface area contributed by atoms with Gasteiger partial charge in [0.1, 0.15) is 0 Å².